The van der Waals surface area contributed by atoms with Crippen molar-refractivity contribution in [2.24, 2.45) is 0 Å². The fraction of sp³-hybridized carbons (Fsp3) is 0.500. The SMILES string of the molecule is CC1OCC(C)(C)N1C(=O)COc1ccc(Cl)cc1. The van der Waals surface area contributed by atoms with Crippen LogP contribution in [0.5, 0.6) is 5.75 Å². The van der Waals surface area contributed by atoms with Crippen LogP contribution in [0.4, 0.5) is 0 Å². The van der Waals surface area contributed by atoms with E-state index < -0.39 is 0 Å². The number of hydrogen-bond donors (Lipinski definition) is 0. The molecule has 5 heteroatoms. The Kier molecular flexibility index (Phi) is 4.02. The lowest BCUT2D eigenvalue weighted by Crippen LogP contribution is -2.49. The van der Waals surface area contributed by atoms with E-state index in [2.05, 4.69) is 0 Å². The minimum absolute atomic E-state index is 0.00123. The third-order valence-electron chi connectivity index (χ3n) is 3.14. The number of ether oxygens (including phenoxy) is 2. The minimum atomic E-state index is -0.292. The summed E-state index contributed by atoms with van der Waals surface area (Å²) in [7, 11) is 0. The summed E-state index contributed by atoms with van der Waals surface area (Å²) in [5.74, 6) is 0.549. The van der Waals surface area contributed by atoms with Crippen LogP contribution in [0.1, 0.15) is 20.8 Å². The van der Waals surface area contributed by atoms with E-state index in [4.69, 9.17) is 21.1 Å². The van der Waals surface area contributed by atoms with Crippen molar-refractivity contribution < 1.29 is 14.3 Å². The molecule has 0 N–H and O–H groups in total. The van der Waals surface area contributed by atoms with Crippen LogP contribution < -0.4 is 4.74 Å². The summed E-state index contributed by atoms with van der Waals surface area (Å²) < 4.78 is 11.0. The summed E-state index contributed by atoms with van der Waals surface area (Å²) in [6, 6.07) is 6.94. The van der Waals surface area contributed by atoms with Gasteiger partial charge < -0.3 is 14.4 Å². The highest BCUT2D eigenvalue weighted by Gasteiger charge is 2.41. The predicted molar refractivity (Wildman–Crippen MR) is 73.3 cm³/mol. The second kappa shape index (κ2) is 5.39. The maximum absolute atomic E-state index is 12.2. The van der Waals surface area contributed by atoms with Crippen molar-refractivity contribution >= 4 is 17.5 Å². The lowest BCUT2D eigenvalue weighted by molar-refractivity contribution is -0.141. The number of benzene rings is 1. The van der Waals surface area contributed by atoms with Gasteiger partial charge in [-0.05, 0) is 45.0 Å². The molecule has 1 aliphatic heterocycles. The zero-order chi connectivity index (χ0) is 14.0. The van der Waals surface area contributed by atoms with Gasteiger partial charge in [0.2, 0.25) is 0 Å². The summed E-state index contributed by atoms with van der Waals surface area (Å²) in [5, 5.41) is 0.640. The molecule has 0 spiro atoms. The zero-order valence-corrected chi connectivity index (χ0v) is 12.1. The number of nitrogens with zero attached hydrogens (tertiary/aromatic N) is 1. The largest absolute Gasteiger partial charge is 0.484 e. The van der Waals surface area contributed by atoms with Crippen LogP contribution in [0, 0.1) is 0 Å². The highest BCUT2D eigenvalue weighted by atomic mass is 35.5. The fourth-order valence-corrected chi connectivity index (χ4v) is 2.37. The molecule has 0 aliphatic carbocycles. The van der Waals surface area contributed by atoms with Gasteiger partial charge in [-0.2, -0.15) is 0 Å². The summed E-state index contributed by atoms with van der Waals surface area (Å²) >= 11 is 5.79. The van der Waals surface area contributed by atoms with Gasteiger partial charge in [-0.25, -0.2) is 0 Å². The fourth-order valence-electron chi connectivity index (χ4n) is 2.25. The number of carbonyl (C=O) groups is 1. The van der Waals surface area contributed by atoms with Gasteiger partial charge in [0, 0.05) is 5.02 Å². The monoisotopic (exact) mass is 283 g/mol. The average Bonchev–Trinajstić information content (AvgIpc) is 2.62. The zero-order valence-electron chi connectivity index (χ0n) is 11.4. The van der Waals surface area contributed by atoms with Gasteiger partial charge in [0.25, 0.3) is 5.91 Å². The Morgan fingerprint density at radius 1 is 1.47 bits per heavy atom. The van der Waals surface area contributed by atoms with Gasteiger partial charge in [0.15, 0.2) is 6.61 Å². The topological polar surface area (TPSA) is 38.8 Å². The molecule has 1 heterocycles. The number of carbonyl (C=O) groups excluding carboxylic acids is 1. The van der Waals surface area contributed by atoms with Gasteiger partial charge in [-0.15, -0.1) is 0 Å². The molecule has 1 fully saturated rings. The molecule has 0 aromatic heterocycles. The molecule has 1 aromatic carbocycles. The Morgan fingerprint density at radius 2 is 2.11 bits per heavy atom. The first kappa shape index (κ1) is 14.2. The van der Waals surface area contributed by atoms with E-state index in [1.54, 1.807) is 29.2 Å². The maximum Gasteiger partial charge on any atom is 0.263 e. The molecule has 1 saturated heterocycles. The molecule has 19 heavy (non-hydrogen) atoms. The van der Waals surface area contributed by atoms with Crippen molar-refractivity contribution in [3.63, 3.8) is 0 Å². The Hall–Kier alpha value is -1.26. The highest BCUT2D eigenvalue weighted by Crippen LogP contribution is 2.26. The van der Waals surface area contributed by atoms with E-state index in [0.717, 1.165) is 0 Å². The number of amides is 1. The van der Waals surface area contributed by atoms with Crippen LogP contribution in [-0.4, -0.2) is 35.8 Å². The maximum atomic E-state index is 12.2. The van der Waals surface area contributed by atoms with Gasteiger partial charge in [-0.3, -0.25) is 4.79 Å². The summed E-state index contributed by atoms with van der Waals surface area (Å²) in [6.45, 7) is 6.38. The molecule has 0 saturated carbocycles. The van der Waals surface area contributed by atoms with Crippen molar-refractivity contribution in [1.82, 2.24) is 4.90 Å². The van der Waals surface area contributed by atoms with Crippen LogP contribution >= 0.6 is 11.6 Å². The van der Waals surface area contributed by atoms with Crippen LogP contribution in [0.3, 0.4) is 0 Å². The highest BCUT2D eigenvalue weighted by molar-refractivity contribution is 6.30. The van der Waals surface area contributed by atoms with E-state index in [-0.39, 0.29) is 24.3 Å². The van der Waals surface area contributed by atoms with Gasteiger partial charge in [0.1, 0.15) is 12.0 Å². The molecular formula is C14H18ClNO3. The van der Waals surface area contributed by atoms with Crippen LogP contribution in [0.15, 0.2) is 24.3 Å². The van der Waals surface area contributed by atoms with Gasteiger partial charge >= 0.3 is 0 Å². The molecule has 2 rings (SSSR count). The first-order valence-electron chi connectivity index (χ1n) is 6.22. The van der Waals surface area contributed by atoms with E-state index in [0.29, 0.717) is 17.4 Å². The minimum Gasteiger partial charge on any atom is -0.484 e. The van der Waals surface area contributed by atoms with Crippen LogP contribution in [0.2, 0.25) is 5.02 Å². The second-order valence-corrected chi connectivity index (χ2v) is 5.67. The normalized spacial score (nSPS) is 21.5. The van der Waals surface area contributed by atoms with E-state index >= 15 is 0 Å². The molecule has 1 atom stereocenters. The van der Waals surface area contributed by atoms with E-state index in [9.17, 15) is 4.79 Å². The van der Waals surface area contributed by atoms with Gasteiger partial charge in [-0.1, -0.05) is 11.6 Å². The third-order valence-corrected chi connectivity index (χ3v) is 3.39. The molecule has 0 bridgehead atoms. The second-order valence-electron chi connectivity index (χ2n) is 5.23. The lowest BCUT2D eigenvalue weighted by Gasteiger charge is -2.31. The molecule has 0 radical (unpaired) electrons. The standard InChI is InChI=1S/C14H18ClNO3/c1-10-16(14(2,3)9-19-10)13(17)8-18-12-6-4-11(15)5-7-12/h4-7,10H,8-9H2,1-3H3. The van der Waals surface area contributed by atoms with E-state index in [1.165, 1.54) is 0 Å². The quantitative estimate of drug-likeness (QED) is 0.856. The molecule has 1 aliphatic rings. The van der Waals surface area contributed by atoms with Gasteiger partial charge in [0.05, 0.1) is 12.1 Å². The predicted octanol–water partition coefficient (Wildman–Crippen LogP) is 2.70. The first-order chi connectivity index (χ1) is 8.90. The Bertz CT molecular complexity index is 458. The van der Waals surface area contributed by atoms with Crippen molar-refractivity contribution in [2.75, 3.05) is 13.2 Å². The summed E-state index contributed by atoms with van der Waals surface area (Å²) in [4.78, 5) is 13.9. The van der Waals surface area contributed by atoms with E-state index in [1.807, 2.05) is 20.8 Å². The molecular weight excluding hydrogens is 266 g/mol. The van der Waals surface area contributed by atoms with Crippen molar-refractivity contribution in [1.29, 1.82) is 0 Å². The lowest BCUT2D eigenvalue weighted by atomic mass is 10.1. The molecule has 1 aromatic rings. The van der Waals surface area contributed by atoms with Crippen LogP contribution in [-0.2, 0) is 9.53 Å². The summed E-state index contributed by atoms with van der Waals surface area (Å²) in [6.07, 6.45) is -0.212. The van der Waals surface area contributed by atoms with Crippen molar-refractivity contribution in [3.8, 4) is 5.75 Å². The molecule has 1 amide bonds. The Morgan fingerprint density at radius 3 is 2.63 bits per heavy atom. The van der Waals surface area contributed by atoms with Crippen molar-refractivity contribution in [2.45, 2.75) is 32.5 Å². The number of rotatable bonds is 3. The summed E-state index contributed by atoms with van der Waals surface area (Å²) in [5.41, 5.74) is -0.292. The van der Waals surface area contributed by atoms with Crippen LogP contribution in [0.25, 0.3) is 0 Å². The Balaban J connectivity index is 1.96. The molecule has 1 unspecified atom stereocenters. The first-order valence-corrected chi connectivity index (χ1v) is 6.60. The van der Waals surface area contributed by atoms with Crippen molar-refractivity contribution in [3.05, 3.63) is 29.3 Å². The average molecular weight is 284 g/mol. The molecule has 104 valence electrons. The smallest absolute Gasteiger partial charge is 0.263 e. The number of hydrogen-bond acceptors (Lipinski definition) is 3. The number of halogens is 1. The molecule has 4 nitrogen and oxygen atoms in total. The third kappa shape index (κ3) is 3.19. The Labute approximate surface area is 118 Å².